The third kappa shape index (κ3) is 32.0. The Bertz CT molecular complexity index is 6400. The predicted octanol–water partition coefficient (Wildman–Crippen LogP) is 23.6. The number of amides is 2. The summed E-state index contributed by atoms with van der Waals surface area (Å²) >= 11 is 55.8. The van der Waals surface area contributed by atoms with Crippen LogP contribution in [0.25, 0.3) is 11.4 Å². The number of hydrogen-bond acceptors (Lipinski definition) is 17. The molecule has 8 N–H and O–H groups in total. The van der Waals surface area contributed by atoms with E-state index in [2.05, 4.69) is 202 Å². The van der Waals surface area contributed by atoms with Crippen molar-refractivity contribution in [1.82, 2.24) is 44.3 Å². The van der Waals surface area contributed by atoms with Crippen LogP contribution in [0.1, 0.15) is 102 Å². The number of morpholine rings is 2. The molecule has 2 amide bonds. The van der Waals surface area contributed by atoms with Crippen LogP contribution < -0.4 is 28.1 Å². The number of halogens is 11. The Balaban J connectivity index is 0.000000175. The van der Waals surface area contributed by atoms with Gasteiger partial charge in [0.2, 0.25) is 11.8 Å². The summed E-state index contributed by atoms with van der Waals surface area (Å²) in [7, 11) is -2.49. The van der Waals surface area contributed by atoms with Gasteiger partial charge in [-0.25, -0.2) is 15.2 Å². The van der Waals surface area contributed by atoms with Crippen molar-refractivity contribution < 1.29 is 33.2 Å². The fourth-order valence-corrected chi connectivity index (χ4v) is 19.4. The maximum Gasteiger partial charge on any atom is 0.304 e. The second-order valence-electron chi connectivity index (χ2n) is 31.3. The first-order chi connectivity index (χ1) is 63.3. The zero-order valence-electron chi connectivity index (χ0n) is 74.2. The molecule has 2 saturated heterocycles. The maximum atomic E-state index is 12.4. The number of aliphatic imine (C=N–C) groups is 3. The van der Waals surface area contributed by atoms with E-state index < -0.39 is 28.2 Å². The number of fused-ring (bicyclic) bond motifs is 7. The van der Waals surface area contributed by atoms with E-state index >= 15 is 0 Å². The molecule has 0 saturated carbocycles. The Labute approximate surface area is 845 Å². The van der Waals surface area contributed by atoms with Crippen molar-refractivity contribution >= 4 is 225 Å². The van der Waals surface area contributed by atoms with Crippen molar-refractivity contribution in [1.29, 1.82) is 0 Å². The van der Waals surface area contributed by atoms with Gasteiger partial charge in [0.25, 0.3) is 5.24 Å². The lowest BCUT2D eigenvalue weighted by molar-refractivity contribution is -0.119. The molecule has 23 nitrogen and oxygen atoms in total. The second kappa shape index (κ2) is 51.7. The number of aryl methyl sites for hydroxylation is 2. The van der Waals surface area contributed by atoms with Gasteiger partial charge in [0.15, 0.2) is 17.4 Å². The molecule has 5 aliphatic heterocycles. The predicted molar refractivity (Wildman–Crippen MR) is 563 cm³/mol. The number of hydrazine groups is 1. The SMILES string of the molecule is CC#C[Si](C)(C)C.CC(=O)NN.Cc1nnc2n1-c1ccc(Br)cc1C(c1ccccc1Cl)=NC2.Cc1nnc2n1-c1ccc(C#C[Si](C)(C)C)cc1C(c1ccccc1Cl)=NC2.Nc1ccc(Br)cc1.Nc1ccc(Br)cc1C(=O)c1ccccc1Cl.O=C(Cl)c1ccccc1Cl.O=C1CN=C(c2ccccc2Cl)c2cc(Br)ccc2N1.O=P(Cl)(N1CCOCC1)N1CCOCC1. The highest BCUT2D eigenvalue weighted by Gasteiger charge is 2.37. The third-order valence-electron chi connectivity index (χ3n) is 19.1. The number of hydrogen-bond donors (Lipinski definition) is 5. The van der Waals surface area contributed by atoms with Gasteiger partial charge in [-0.15, -0.1) is 37.4 Å². The van der Waals surface area contributed by atoms with Crippen LogP contribution in [-0.4, -0.2) is 154 Å². The smallest absolute Gasteiger partial charge is 0.304 e. The van der Waals surface area contributed by atoms with Crippen molar-refractivity contribution in [2.75, 3.05) is 75.9 Å². The molecule has 7 heterocycles. The number of ketones is 1. The van der Waals surface area contributed by atoms with E-state index in [1.807, 2.05) is 157 Å². The summed E-state index contributed by atoms with van der Waals surface area (Å²) in [5, 5.41) is 22.1. The van der Waals surface area contributed by atoms with E-state index in [1.165, 1.54) is 6.92 Å². The molecular weight excluding hydrogens is 2140 g/mol. The van der Waals surface area contributed by atoms with Crippen molar-refractivity contribution in [3.8, 4) is 34.3 Å². The molecule has 0 spiro atoms. The number of anilines is 3. The molecule has 12 aromatic rings. The van der Waals surface area contributed by atoms with Gasteiger partial charge in [-0.3, -0.25) is 53.3 Å². The molecule has 692 valence electrons. The van der Waals surface area contributed by atoms with Crippen molar-refractivity contribution in [3.63, 3.8) is 0 Å². The molecule has 0 unspecified atom stereocenters. The zero-order valence-corrected chi connectivity index (χ0v) is 88.7. The Morgan fingerprint density at radius 3 is 1.29 bits per heavy atom. The lowest BCUT2D eigenvalue weighted by Crippen LogP contribution is -2.41. The van der Waals surface area contributed by atoms with Gasteiger partial charge in [-0.1, -0.05) is 246 Å². The molecule has 0 aliphatic carbocycles. The van der Waals surface area contributed by atoms with Gasteiger partial charge in [-0.2, -0.15) is 0 Å². The minimum absolute atomic E-state index is 0.0901. The first kappa shape index (κ1) is 108. The van der Waals surface area contributed by atoms with Gasteiger partial charge in [0.1, 0.15) is 47.4 Å². The molecule has 0 bridgehead atoms. The lowest BCUT2D eigenvalue weighted by Gasteiger charge is -2.38. The van der Waals surface area contributed by atoms with Crippen LogP contribution in [0.4, 0.5) is 17.1 Å². The number of nitrogen functional groups attached to an aromatic ring is 2. The van der Waals surface area contributed by atoms with E-state index in [0.717, 1.165) is 120 Å². The number of nitrogens with zero attached hydrogens (tertiary/aromatic N) is 11. The fraction of sp³-hybridized carbons (Fsp3) is 0.219. The average Bonchev–Trinajstić information content (AvgIpc) is 1.63. The highest BCUT2D eigenvalue weighted by molar-refractivity contribution is 9.11. The van der Waals surface area contributed by atoms with E-state index in [0.29, 0.717) is 113 Å². The highest BCUT2D eigenvalue weighted by atomic mass is 79.9. The van der Waals surface area contributed by atoms with Crippen LogP contribution in [0.15, 0.2) is 251 Å². The largest absolute Gasteiger partial charge is 0.399 e. The lowest BCUT2D eigenvalue weighted by atomic mass is 9.98. The van der Waals surface area contributed by atoms with Crippen molar-refractivity contribution in [2.45, 2.75) is 80.1 Å². The van der Waals surface area contributed by atoms with Crippen LogP contribution in [-0.2, 0) is 36.7 Å². The minimum Gasteiger partial charge on any atom is -0.399 e. The molecule has 0 atom stereocenters. The number of aromatic nitrogens is 6. The summed E-state index contributed by atoms with van der Waals surface area (Å²) in [6, 6.07) is 67.4. The van der Waals surface area contributed by atoms with Gasteiger partial charge < -0.3 is 26.3 Å². The minimum atomic E-state index is -2.86. The topological polar surface area (TPSA) is 311 Å². The third-order valence-corrected chi connectivity index (χ3v) is 28.3. The first-order valence-electron chi connectivity index (χ1n) is 41.2. The number of rotatable bonds is 8. The maximum absolute atomic E-state index is 12.4. The van der Waals surface area contributed by atoms with Crippen LogP contribution in [0.3, 0.4) is 0 Å². The molecule has 37 heteroatoms. The van der Waals surface area contributed by atoms with E-state index in [-0.39, 0.29) is 24.1 Å². The van der Waals surface area contributed by atoms with Crippen LogP contribution in [0.5, 0.6) is 0 Å². The number of benzodiazepines with no additional fused rings is 1. The van der Waals surface area contributed by atoms with Crippen LogP contribution in [0.2, 0.25) is 64.4 Å². The Hall–Kier alpha value is -9.10. The monoisotopic (exact) mass is 2230 g/mol. The summed E-state index contributed by atoms with van der Waals surface area (Å²) < 4.78 is 34.4. The van der Waals surface area contributed by atoms with E-state index in [9.17, 15) is 23.7 Å². The normalized spacial score (nSPS) is 13.5. The molecule has 133 heavy (non-hydrogen) atoms. The Morgan fingerprint density at radius 2 is 0.872 bits per heavy atom. The molecule has 5 aliphatic rings. The van der Waals surface area contributed by atoms with Gasteiger partial charge in [0.05, 0.1) is 76.2 Å². The Morgan fingerprint density at radius 1 is 0.481 bits per heavy atom. The molecule has 17 rings (SSSR count). The average molecular weight is 2240 g/mol. The highest BCUT2D eigenvalue weighted by Crippen LogP contribution is 2.58. The van der Waals surface area contributed by atoms with Crippen molar-refractivity contribution in [3.05, 3.63) is 340 Å². The summed E-state index contributed by atoms with van der Waals surface area (Å²) in [4.78, 5) is 58.2. The summed E-state index contributed by atoms with van der Waals surface area (Å²) in [6.45, 7) is 23.8. The number of ether oxygens (including phenoxy) is 2. The van der Waals surface area contributed by atoms with Gasteiger partial charge in [0, 0.05) is 128 Å². The summed E-state index contributed by atoms with van der Waals surface area (Å²) in [5.74, 6) is 13.7. The number of carbonyl (C=O) groups excluding carboxylic acids is 4. The molecular formula is C96H96Br4Cl7N16O7PSi2. The number of carbonyl (C=O) groups is 4. The standard InChI is InChI=1S/C22H21ClN4Si.C17H12BrClN4.C15H10BrClN2O.C13H9BrClNO.C8H16ClN2O3P.C7H4Cl2O.C6H6BrN.C6H12Si.C2H6N2O/c1-15-25-26-21-14-24-22(17-7-5-6-8-19(17)23)18-13-16(11-12-28(2,3)4)9-10-20(18)27(15)21;1-10-21-22-16-9-20-17(12-4-2-3-5-14(12)19)13-8-11(18)6-7-15(13)23(10)16;16-9-5-6-13-11(7-9)15(18-8-14(20)19-13)10-3-1-2-4-12(10)17;14-8-5-6-12(16)10(7-8)13(17)9-3-1-2-4-11(9)15;9-15(12,10-1-5-13-6-2-10)11-3-7-14-8-4-11;8-6-4-2-1-3-5(6)7(9)10;7-5-1-3-6(8)4-2-5;1-5-6-7(2,3)4;1-2(5)4-3/h5-10,13H,14H2,1-4H3;2-8H,9H2,1H3;1-7H,8H2,(H,19,20);1-7H,16H2;1-8H2;1-4H;1-4H,8H2;1-4H3;3H2,1H3,(H,4,5). The van der Waals surface area contributed by atoms with Crippen molar-refractivity contribution in [2.24, 2.45) is 20.8 Å². The molecule has 2 aromatic heterocycles. The van der Waals surface area contributed by atoms with Crippen LogP contribution >= 0.6 is 151 Å². The summed E-state index contributed by atoms with van der Waals surface area (Å²) in [5.41, 5.74) is 33.9. The fourth-order valence-electron chi connectivity index (χ4n) is 12.9. The number of benzene rings is 10. The molecule has 10 aromatic carbocycles. The molecule has 0 radical (unpaired) electrons. The second-order valence-corrected chi connectivity index (χ2v) is 50.3. The van der Waals surface area contributed by atoms with E-state index in [1.54, 1.807) is 66.7 Å². The molecule has 2 fully saturated rings. The number of nitrogens with two attached hydrogens (primary N) is 3. The number of nitrogens with one attached hydrogen (secondary N) is 2. The van der Waals surface area contributed by atoms with E-state index in [4.69, 9.17) is 112 Å². The first-order valence-corrected chi connectivity index (χ1v) is 56.2. The summed E-state index contributed by atoms with van der Waals surface area (Å²) in [6.07, 6.45) is 0. The van der Waals surface area contributed by atoms with Crippen LogP contribution in [0, 0.1) is 36.8 Å². The quantitative estimate of drug-likeness (QED) is 0.0109. The van der Waals surface area contributed by atoms with Gasteiger partial charge in [-0.05, 0) is 183 Å². The Kier molecular flexibility index (Phi) is 41.8. The van der Waals surface area contributed by atoms with Gasteiger partial charge >= 0.3 is 6.80 Å². The zero-order chi connectivity index (χ0) is 96.9.